The van der Waals surface area contributed by atoms with Crippen molar-refractivity contribution >= 4 is 44.4 Å². The fraction of sp³-hybridized carbons (Fsp3) is 0.0833. The number of pyridine rings is 1. The van der Waals surface area contributed by atoms with Crippen LogP contribution < -0.4 is 5.32 Å². The van der Waals surface area contributed by atoms with Gasteiger partial charge in [0.1, 0.15) is 0 Å². The first-order valence-corrected chi connectivity index (χ1v) is 5.88. The molecule has 0 aliphatic carbocycles. The number of benzene rings is 1. The van der Waals surface area contributed by atoms with Crippen LogP contribution >= 0.6 is 15.9 Å². The summed E-state index contributed by atoms with van der Waals surface area (Å²) in [5.74, 6) is -1.46. The molecule has 0 radical (unpaired) electrons. The lowest BCUT2D eigenvalue weighted by Crippen LogP contribution is -2.12. The van der Waals surface area contributed by atoms with Gasteiger partial charge in [-0.25, -0.2) is 4.79 Å². The Kier molecular flexibility index (Phi) is 3.29. The summed E-state index contributed by atoms with van der Waals surface area (Å²) in [6.07, 6.45) is 1.55. The number of carboxylic acids is 1. The number of aromatic carboxylic acids is 1. The van der Waals surface area contributed by atoms with E-state index >= 15 is 0 Å². The van der Waals surface area contributed by atoms with Gasteiger partial charge in [-0.2, -0.15) is 0 Å². The maximum Gasteiger partial charge on any atom is 0.337 e. The Morgan fingerprint density at radius 1 is 1.44 bits per heavy atom. The van der Waals surface area contributed by atoms with Crippen LogP contribution in [0, 0.1) is 0 Å². The molecule has 0 fully saturated rings. The van der Waals surface area contributed by atoms with Crippen LogP contribution in [-0.4, -0.2) is 22.0 Å². The van der Waals surface area contributed by atoms with Gasteiger partial charge in [0.2, 0.25) is 5.91 Å². The van der Waals surface area contributed by atoms with Crippen molar-refractivity contribution in [3.63, 3.8) is 0 Å². The Morgan fingerprint density at radius 3 is 2.78 bits per heavy atom. The smallest absolute Gasteiger partial charge is 0.337 e. The Balaban J connectivity index is 2.83. The fourth-order valence-electron chi connectivity index (χ4n) is 1.67. The second-order valence-electron chi connectivity index (χ2n) is 3.67. The molecule has 18 heavy (non-hydrogen) atoms. The van der Waals surface area contributed by atoms with Crippen molar-refractivity contribution in [3.8, 4) is 0 Å². The number of carbonyl (C=O) groups is 2. The van der Waals surface area contributed by atoms with E-state index in [2.05, 4.69) is 26.2 Å². The normalized spacial score (nSPS) is 10.3. The molecule has 2 rings (SSSR count). The minimum atomic E-state index is -1.12. The average molecular weight is 309 g/mol. The van der Waals surface area contributed by atoms with Gasteiger partial charge in [-0.1, -0.05) is 22.0 Å². The SMILES string of the molecule is CC(=O)Nc1c(C(=O)O)cc(Br)c2cccnc12. The molecule has 2 N–H and O–H groups in total. The van der Waals surface area contributed by atoms with E-state index in [9.17, 15) is 9.59 Å². The third-order valence-electron chi connectivity index (χ3n) is 2.37. The molecule has 0 aliphatic heterocycles. The van der Waals surface area contributed by atoms with E-state index < -0.39 is 5.97 Å². The van der Waals surface area contributed by atoms with Crippen molar-refractivity contribution in [3.05, 3.63) is 34.4 Å². The van der Waals surface area contributed by atoms with Crippen molar-refractivity contribution in [2.45, 2.75) is 6.92 Å². The number of nitrogens with zero attached hydrogens (tertiary/aromatic N) is 1. The predicted octanol–water partition coefficient (Wildman–Crippen LogP) is 2.65. The molecular weight excluding hydrogens is 300 g/mol. The molecule has 2 aromatic rings. The lowest BCUT2D eigenvalue weighted by Gasteiger charge is -2.11. The van der Waals surface area contributed by atoms with E-state index in [0.717, 1.165) is 5.39 Å². The molecule has 1 aromatic carbocycles. The van der Waals surface area contributed by atoms with Gasteiger partial charge in [-0.05, 0) is 12.1 Å². The minimum Gasteiger partial charge on any atom is -0.478 e. The minimum absolute atomic E-state index is 0.00303. The highest BCUT2D eigenvalue weighted by atomic mass is 79.9. The van der Waals surface area contributed by atoms with Crippen molar-refractivity contribution in [1.82, 2.24) is 4.98 Å². The van der Waals surface area contributed by atoms with Crippen LogP contribution in [0.3, 0.4) is 0 Å². The first-order chi connectivity index (χ1) is 8.50. The highest BCUT2D eigenvalue weighted by molar-refractivity contribution is 9.10. The van der Waals surface area contributed by atoms with Gasteiger partial charge in [0.05, 0.1) is 16.8 Å². The Morgan fingerprint density at radius 2 is 2.17 bits per heavy atom. The van der Waals surface area contributed by atoms with Crippen LogP contribution in [0.15, 0.2) is 28.9 Å². The number of rotatable bonds is 2. The van der Waals surface area contributed by atoms with Crippen LogP contribution in [-0.2, 0) is 4.79 Å². The molecule has 6 heteroatoms. The van der Waals surface area contributed by atoms with Gasteiger partial charge in [0.15, 0.2) is 0 Å². The molecule has 92 valence electrons. The number of fused-ring (bicyclic) bond motifs is 1. The van der Waals surface area contributed by atoms with Crippen LogP contribution in [0.2, 0.25) is 0 Å². The maximum atomic E-state index is 11.2. The van der Waals surface area contributed by atoms with E-state index in [1.807, 2.05) is 0 Å². The molecule has 1 aromatic heterocycles. The van der Waals surface area contributed by atoms with Gasteiger partial charge >= 0.3 is 5.97 Å². The summed E-state index contributed by atoms with van der Waals surface area (Å²) in [4.78, 5) is 26.5. The summed E-state index contributed by atoms with van der Waals surface area (Å²) < 4.78 is 0.622. The van der Waals surface area contributed by atoms with Gasteiger partial charge in [-0.3, -0.25) is 9.78 Å². The number of carboxylic acid groups (broad SMARTS) is 1. The molecule has 0 aliphatic rings. The standard InChI is InChI=1S/C12H9BrN2O3/c1-6(16)15-11-8(12(17)18)5-9(13)7-3-2-4-14-10(7)11/h2-5H,1H3,(H,15,16)(H,17,18). The van der Waals surface area contributed by atoms with Crippen molar-refractivity contribution in [2.75, 3.05) is 5.32 Å². The Labute approximate surface area is 111 Å². The van der Waals surface area contributed by atoms with Gasteiger partial charge < -0.3 is 10.4 Å². The molecule has 0 spiro atoms. The van der Waals surface area contributed by atoms with Gasteiger partial charge in [0.25, 0.3) is 0 Å². The summed E-state index contributed by atoms with van der Waals surface area (Å²) in [7, 11) is 0. The number of hydrogen-bond donors (Lipinski definition) is 2. The van der Waals surface area contributed by atoms with Crippen LogP contribution in [0.5, 0.6) is 0 Å². The summed E-state index contributed by atoms with van der Waals surface area (Å²) in [6, 6.07) is 4.99. The second kappa shape index (κ2) is 4.73. The number of nitrogens with one attached hydrogen (secondary N) is 1. The number of hydrogen-bond acceptors (Lipinski definition) is 3. The number of halogens is 1. The summed E-state index contributed by atoms with van der Waals surface area (Å²) in [6.45, 7) is 1.32. The molecule has 0 unspecified atom stereocenters. The first kappa shape index (κ1) is 12.5. The molecule has 1 amide bonds. The van der Waals surface area contributed by atoms with E-state index in [-0.39, 0.29) is 17.2 Å². The van der Waals surface area contributed by atoms with Gasteiger partial charge in [-0.15, -0.1) is 0 Å². The van der Waals surface area contributed by atoms with E-state index in [0.29, 0.717) is 9.99 Å². The Hall–Kier alpha value is -1.95. The number of amides is 1. The molecule has 1 heterocycles. The molecular formula is C12H9BrN2O3. The lowest BCUT2D eigenvalue weighted by molar-refractivity contribution is -0.114. The van der Waals surface area contributed by atoms with E-state index in [1.165, 1.54) is 13.0 Å². The van der Waals surface area contributed by atoms with E-state index in [4.69, 9.17) is 5.11 Å². The van der Waals surface area contributed by atoms with Crippen molar-refractivity contribution < 1.29 is 14.7 Å². The number of carbonyl (C=O) groups excluding carboxylic acids is 1. The zero-order valence-electron chi connectivity index (χ0n) is 9.40. The van der Waals surface area contributed by atoms with Gasteiger partial charge in [0, 0.05) is 23.0 Å². The number of anilines is 1. The van der Waals surface area contributed by atoms with E-state index in [1.54, 1.807) is 18.3 Å². The molecule has 0 saturated carbocycles. The largest absolute Gasteiger partial charge is 0.478 e. The molecule has 0 bridgehead atoms. The summed E-state index contributed by atoms with van der Waals surface area (Å²) >= 11 is 3.30. The molecule has 5 nitrogen and oxygen atoms in total. The highest BCUT2D eigenvalue weighted by Crippen LogP contribution is 2.32. The van der Waals surface area contributed by atoms with Crippen molar-refractivity contribution in [1.29, 1.82) is 0 Å². The quantitative estimate of drug-likeness (QED) is 0.894. The Bertz CT molecular complexity index is 655. The average Bonchev–Trinajstić information content (AvgIpc) is 2.32. The zero-order chi connectivity index (χ0) is 13.3. The number of aromatic nitrogens is 1. The van der Waals surface area contributed by atoms with Crippen LogP contribution in [0.1, 0.15) is 17.3 Å². The molecule has 0 saturated heterocycles. The third kappa shape index (κ3) is 2.19. The lowest BCUT2D eigenvalue weighted by atomic mass is 10.1. The summed E-state index contributed by atoms with van der Waals surface area (Å²) in [5.41, 5.74) is 0.663. The van der Waals surface area contributed by atoms with Crippen LogP contribution in [0.4, 0.5) is 5.69 Å². The first-order valence-electron chi connectivity index (χ1n) is 5.09. The predicted molar refractivity (Wildman–Crippen MR) is 70.7 cm³/mol. The van der Waals surface area contributed by atoms with Crippen molar-refractivity contribution in [2.24, 2.45) is 0 Å². The highest BCUT2D eigenvalue weighted by Gasteiger charge is 2.17. The monoisotopic (exact) mass is 308 g/mol. The second-order valence-corrected chi connectivity index (χ2v) is 4.52. The third-order valence-corrected chi connectivity index (χ3v) is 3.03. The summed E-state index contributed by atoms with van der Waals surface area (Å²) in [5, 5.41) is 12.4. The zero-order valence-corrected chi connectivity index (χ0v) is 11.0. The van der Waals surface area contributed by atoms with Crippen LogP contribution in [0.25, 0.3) is 10.9 Å². The maximum absolute atomic E-state index is 11.2. The topological polar surface area (TPSA) is 79.3 Å². The fourth-order valence-corrected chi connectivity index (χ4v) is 2.22. The molecule has 0 atom stereocenters.